The molecule has 1 aliphatic carbocycles. The lowest BCUT2D eigenvalue weighted by Crippen LogP contribution is -2.47. The molecule has 1 aliphatic rings. The van der Waals surface area contributed by atoms with Gasteiger partial charge in [0, 0.05) is 19.7 Å². The fourth-order valence-electron chi connectivity index (χ4n) is 2.04. The van der Waals surface area contributed by atoms with E-state index < -0.39 is 0 Å². The van der Waals surface area contributed by atoms with E-state index in [0.29, 0.717) is 12.6 Å². The van der Waals surface area contributed by atoms with Crippen LogP contribution in [0.25, 0.3) is 0 Å². The monoisotopic (exact) mass is 228 g/mol. The van der Waals surface area contributed by atoms with Gasteiger partial charge in [0.15, 0.2) is 0 Å². The molecular formula is C12H24N2O2. The highest BCUT2D eigenvalue weighted by atomic mass is 16.5. The number of carbonyl (C=O) groups is 1. The standard InChI is InChI=1S/C12H24N2O2/c1-10(13-8-9-16-2)12(15)14-11-6-4-3-5-7-11/h10-11,13H,3-9H2,1-2H3,(H,14,15). The van der Waals surface area contributed by atoms with Crippen molar-refractivity contribution >= 4 is 5.91 Å². The molecule has 0 radical (unpaired) electrons. The van der Waals surface area contributed by atoms with Gasteiger partial charge < -0.3 is 15.4 Å². The van der Waals surface area contributed by atoms with Crippen LogP contribution in [0, 0.1) is 0 Å². The molecule has 1 saturated carbocycles. The number of hydrogen-bond donors (Lipinski definition) is 2. The van der Waals surface area contributed by atoms with Gasteiger partial charge in [-0.1, -0.05) is 19.3 Å². The van der Waals surface area contributed by atoms with Crippen LogP contribution in [0.1, 0.15) is 39.0 Å². The first-order chi connectivity index (χ1) is 7.74. The maximum Gasteiger partial charge on any atom is 0.237 e. The molecule has 0 aliphatic heterocycles. The van der Waals surface area contributed by atoms with E-state index in [9.17, 15) is 4.79 Å². The molecule has 1 rings (SSSR count). The molecule has 1 amide bonds. The van der Waals surface area contributed by atoms with E-state index in [0.717, 1.165) is 19.4 Å². The van der Waals surface area contributed by atoms with Crippen molar-refractivity contribution < 1.29 is 9.53 Å². The molecule has 0 saturated heterocycles. The Hall–Kier alpha value is -0.610. The quantitative estimate of drug-likeness (QED) is 0.668. The normalized spacial score (nSPS) is 19.4. The molecule has 1 unspecified atom stereocenters. The first kappa shape index (κ1) is 13.5. The molecule has 0 spiro atoms. The Bertz CT molecular complexity index is 203. The Morgan fingerprint density at radius 3 is 2.69 bits per heavy atom. The molecule has 0 heterocycles. The van der Waals surface area contributed by atoms with Gasteiger partial charge in [0.1, 0.15) is 0 Å². The molecular weight excluding hydrogens is 204 g/mol. The molecule has 2 N–H and O–H groups in total. The van der Waals surface area contributed by atoms with Crippen LogP contribution in [0.5, 0.6) is 0 Å². The summed E-state index contributed by atoms with van der Waals surface area (Å²) in [7, 11) is 1.66. The van der Waals surface area contributed by atoms with Crippen LogP contribution in [0.2, 0.25) is 0 Å². The summed E-state index contributed by atoms with van der Waals surface area (Å²) in [5.74, 6) is 0.114. The van der Waals surface area contributed by atoms with Crippen molar-refractivity contribution in [2.75, 3.05) is 20.3 Å². The Kier molecular flexibility index (Phi) is 6.42. The summed E-state index contributed by atoms with van der Waals surface area (Å²) >= 11 is 0. The first-order valence-electron chi connectivity index (χ1n) is 6.26. The zero-order valence-corrected chi connectivity index (χ0v) is 10.4. The largest absolute Gasteiger partial charge is 0.383 e. The zero-order valence-electron chi connectivity index (χ0n) is 10.4. The maximum absolute atomic E-state index is 11.8. The van der Waals surface area contributed by atoms with Crippen molar-refractivity contribution in [1.29, 1.82) is 0 Å². The van der Waals surface area contributed by atoms with Crippen molar-refractivity contribution in [1.82, 2.24) is 10.6 Å². The van der Waals surface area contributed by atoms with Gasteiger partial charge in [0.2, 0.25) is 5.91 Å². The van der Waals surface area contributed by atoms with Gasteiger partial charge in [-0.3, -0.25) is 4.79 Å². The van der Waals surface area contributed by atoms with Crippen LogP contribution in [0.4, 0.5) is 0 Å². The first-order valence-corrected chi connectivity index (χ1v) is 6.26. The fraction of sp³-hybridized carbons (Fsp3) is 0.917. The minimum atomic E-state index is -0.128. The maximum atomic E-state index is 11.8. The van der Waals surface area contributed by atoms with Crippen LogP contribution in [0.3, 0.4) is 0 Å². The molecule has 4 heteroatoms. The highest BCUT2D eigenvalue weighted by Crippen LogP contribution is 2.17. The van der Waals surface area contributed by atoms with E-state index in [1.807, 2.05) is 6.92 Å². The summed E-state index contributed by atoms with van der Waals surface area (Å²) in [6.45, 7) is 3.25. The van der Waals surface area contributed by atoms with Crippen molar-refractivity contribution in [2.24, 2.45) is 0 Å². The number of amides is 1. The van der Waals surface area contributed by atoms with Crippen LogP contribution in [0.15, 0.2) is 0 Å². The van der Waals surface area contributed by atoms with E-state index in [2.05, 4.69) is 10.6 Å². The van der Waals surface area contributed by atoms with Crippen LogP contribution in [-0.2, 0) is 9.53 Å². The number of methoxy groups -OCH3 is 1. The highest BCUT2D eigenvalue weighted by molar-refractivity contribution is 5.81. The van der Waals surface area contributed by atoms with E-state index in [4.69, 9.17) is 4.74 Å². The van der Waals surface area contributed by atoms with Crippen molar-refractivity contribution in [3.05, 3.63) is 0 Å². The van der Waals surface area contributed by atoms with Gasteiger partial charge in [-0.05, 0) is 19.8 Å². The highest BCUT2D eigenvalue weighted by Gasteiger charge is 2.18. The summed E-state index contributed by atoms with van der Waals surface area (Å²) in [5.41, 5.74) is 0. The lowest BCUT2D eigenvalue weighted by molar-refractivity contribution is -0.123. The zero-order chi connectivity index (χ0) is 11.8. The van der Waals surface area contributed by atoms with Gasteiger partial charge in [0.05, 0.1) is 12.6 Å². The summed E-state index contributed by atoms with van der Waals surface area (Å²) in [4.78, 5) is 11.8. The molecule has 16 heavy (non-hydrogen) atoms. The fourth-order valence-corrected chi connectivity index (χ4v) is 2.04. The second-order valence-electron chi connectivity index (χ2n) is 4.51. The van der Waals surface area contributed by atoms with E-state index >= 15 is 0 Å². The van der Waals surface area contributed by atoms with Gasteiger partial charge >= 0.3 is 0 Å². The summed E-state index contributed by atoms with van der Waals surface area (Å²) in [5, 5.41) is 6.24. The molecule has 1 atom stereocenters. The summed E-state index contributed by atoms with van der Waals surface area (Å²) in [6.07, 6.45) is 6.08. The predicted molar refractivity (Wildman–Crippen MR) is 64.4 cm³/mol. The van der Waals surface area contributed by atoms with Crippen LogP contribution in [-0.4, -0.2) is 38.3 Å². The van der Waals surface area contributed by atoms with Gasteiger partial charge in [-0.15, -0.1) is 0 Å². The molecule has 94 valence electrons. The summed E-state index contributed by atoms with van der Waals surface area (Å²) < 4.78 is 4.93. The second kappa shape index (κ2) is 7.63. The minimum absolute atomic E-state index is 0.114. The van der Waals surface area contributed by atoms with Crippen LogP contribution < -0.4 is 10.6 Å². The van der Waals surface area contributed by atoms with Crippen molar-refractivity contribution in [3.63, 3.8) is 0 Å². The predicted octanol–water partition coefficient (Wildman–Crippen LogP) is 1.06. The topological polar surface area (TPSA) is 50.4 Å². The summed E-state index contributed by atoms with van der Waals surface area (Å²) in [6, 6.07) is 0.269. The average molecular weight is 228 g/mol. The smallest absolute Gasteiger partial charge is 0.237 e. The van der Waals surface area contributed by atoms with Crippen molar-refractivity contribution in [3.8, 4) is 0 Å². The molecule has 1 fully saturated rings. The van der Waals surface area contributed by atoms with Crippen molar-refractivity contribution in [2.45, 2.75) is 51.1 Å². The lowest BCUT2D eigenvalue weighted by Gasteiger charge is -2.24. The van der Waals surface area contributed by atoms with E-state index in [-0.39, 0.29) is 11.9 Å². The molecule has 0 aromatic carbocycles. The second-order valence-corrected chi connectivity index (χ2v) is 4.51. The molecule has 0 aromatic heterocycles. The third kappa shape index (κ3) is 4.94. The third-order valence-electron chi connectivity index (χ3n) is 3.10. The lowest BCUT2D eigenvalue weighted by atomic mass is 9.95. The number of ether oxygens (including phenoxy) is 1. The Morgan fingerprint density at radius 2 is 2.06 bits per heavy atom. The molecule has 0 aromatic rings. The molecule has 0 bridgehead atoms. The number of carbonyl (C=O) groups excluding carboxylic acids is 1. The van der Waals surface area contributed by atoms with Gasteiger partial charge in [-0.2, -0.15) is 0 Å². The van der Waals surface area contributed by atoms with Gasteiger partial charge in [0.25, 0.3) is 0 Å². The number of nitrogens with one attached hydrogen (secondary N) is 2. The minimum Gasteiger partial charge on any atom is -0.383 e. The average Bonchev–Trinajstić information content (AvgIpc) is 2.30. The van der Waals surface area contributed by atoms with Gasteiger partial charge in [-0.25, -0.2) is 0 Å². The Balaban J connectivity index is 2.16. The van der Waals surface area contributed by atoms with E-state index in [1.54, 1.807) is 7.11 Å². The SMILES string of the molecule is COCCNC(C)C(=O)NC1CCCCC1. The van der Waals surface area contributed by atoms with Crippen LogP contribution >= 0.6 is 0 Å². The Morgan fingerprint density at radius 1 is 1.38 bits per heavy atom. The Labute approximate surface area is 98.1 Å². The number of rotatable bonds is 6. The number of hydrogen-bond acceptors (Lipinski definition) is 3. The molecule has 4 nitrogen and oxygen atoms in total. The third-order valence-corrected chi connectivity index (χ3v) is 3.10. The van der Waals surface area contributed by atoms with E-state index in [1.165, 1.54) is 19.3 Å².